The smallest absolute Gasteiger partial charge is 0.265 e. The summed E-state index contributed by atoms with van der Waals surface area (Å²) in [4.78, 5) is 13.2. The molecule has 1 aromatic heterocycles. The number of ether oxygens (including phenoxy) is 2. The summed E-state index contributed by atoms with van der Waals surface area (Å²) in [5, 5.41) is 4.40. The lowest BCUT2D eigenvalue weighted by Gasteiger charge is -2.11. The summed E-state index contributed by atoms with van der Waals surface area (Å²) in [7, 11) is 1.56. The third-order valence-corrected chi connectivity index (χ3v) is 5.11. The number of thiophene rings is 1. The first kappa shape index (κ1) is 17.6. The van der Waals surface area contributed by atoms with E-state index in [1.165, 1.54) is 11.3 Å². The van der Waals surface area contributed by atoms with Crippen molar-refractivity contribution in [2.24, 2.45) is 0 Å². The number of para-hydroxylation sites is 1. The molecular weight excluding hydrogens is 358 g/mol. The highest BCUT2D eigenvalue weighted by Gasteiger charge is 2.19. The minimum absolute atomic E-state index is 0.180. The number of fused-ring (bicyclic) bond motifs is 1. The van der Waals surface area contributed by atoms with Crippen LogP contribution in [0.5, 0.6) is 11.5 Å². The molecule has 130 valence electrons. The second kappa shape index (κ2) is 7.76. The van der Waals surface area contributed by atoms with Gasteiger partial charge in [-0.15, -0.1) is 11.3 Å². The largest absolute Gasteiger partial charge is 0.494 e. The third kappa shape index (κ3) is 3.72. The Morgan fingerprint density at radius 2 is 2.04 bits per heavy atom. The minimum Gasteiger partial charge on any atom is -0.494 e. The van der Waals surface area contributed by atoms with Crippen molar-refractivity contribution in [3.8, 4) is 11.5 Å². The lowest BCUT2D eigenvalue weighted by atomic mass is 10.2. The molecule has 0 bridgehead atoms. The van der Waals surface area contributed by atoms with Crippen LogP contribution in [0.4, 0.5) is 0 Å². The molecule has 0 spiro atoms. The molecule has 3 rings (SSSR count). The van der Waals surface area contributed by atoms with Gasteiger partial charge in [0, 0.05) is 27.2 Å². The quantitative estimate of drug-likeness (QED) is 0.667. The molecule has 25 heavy (non-hydrogen) atoms. The van der Waals surface area contributed by atoms with Crippen molar-refractivity contribution in [2.75, 3.05) is 13.7 Å². The van der Waals surface area contributed by atoms with E-state index in [2.05, 4.69) is 5.32 Å². The summed E-state index contributed by atoms with van der Waals surface area (Å²) < 4.78 is 12.0. The third-order valence-electron chi connectivity index (χ3n) is 3.73. The summed E-state index contributed by atoms with van der Waals surface area (Å²) >= 11 is 7.45. The van der Waals surface area contributed by atoms with E-state index in [1.54, 1.807) is 13.2 Å². The predicted molar refractivity (Wildman–Crippen MR) is 102 cm³/mol. The van der Waals surface area contributed by atoms with E-state index in [-0.39, 0.29) is 5.91 Å². The molecule has 0 saturated carbocycles. The average Bonchev–Trinajstić information content (AvgIpc) is 2.98. The number of nitrogens with one attached hydrogen (secondary N) is 1. The first-order valence-electron chi connectivity index (χ1n) is 7.89. The van der Waals surface area contributed by atoms with E-state index in [0.29, 0.717) is 28.8 Å². The van der Waals surface area contributed by atoms with Crippen LogP contribution in [-0.4, -0.2) is 19.6 Å². The van der Waals surface area contributed by atoms with Crippen molar-refractivity contribution in [1.82, 2.24) is 5.32 Å². The summed E-state index contributed by atoms with van der Waals surface area (Å²) in [6.07, 6.45) is 0. The zero-order valence-corrected chi connectivity index (χ0v) is 15.5. The molecule has 0 aliphatic rings. The maximum Gasteiger partial charge on any atom is 0.265 e. The summed E-state index contributed by atoms with van der Waals surface area (Å²) in [6.45, 7) is 2.89. The Hall–Kier alpha value is -2.24. The Balaban J connectivity index is 1.83. The van der Waals surface area contributed by atoms with Gasteiger partial charge in [0.05, 0.1) is 13.7 Å². The highest BCUT2D eigenvalue weighted by Crippen LogP contribution is 2.39. The Kier molecular flexibility index (Phi) is 5.46. The van der Waals surface area contributed by atoms with Crippen molar-refractivity contribution >= 4 is 38.9 Å². The molecule has 0 aliphatic carbocycles. The van der Waals surface area contributed by atoms with Crippen molar-refractivity contribution in [3.63, 3.8) is 0 Å². The highest BCUT2D eigenvalue weighted by atomic mass is 35.5. The van der Waals surface area contributed by atoms with Gasteiger partial charge in [-0.05, 0) is 31.2 Å². The first-order valence-corrected chi connectivity index (χ1v) is 9.08. The second-order valence-electron chi connectivity index (χ2n) is 5.33. The van der Waals surface area contributed by atoms with E-state index in [9.17, 15) is 4.79 Å². The molecule has 0 unspecified atom stereocenters. The molecule has 1 amide bonds. The number of hydrogen-bond acceptors (Lipinski definition) is 4. The molecule has 2 aromatic carbocycles. The van der Waals surface area contributed by atoms with E-state index in [4.69, 9.17) is 21.1 Å². The molecule has 0 saturated heterocycles. The van der Waals surface area contributed by atoms with Gasteiger partial charge in [0.2, 0.25) is 0 Å². The number of methoxy groups -OCH3 is 1. The fourth-order valence-electron chi connectivity index (χ4n) is 2.60. The first-order chi connectivity index (χ1) is 12.1. The topological polar surface area (TPSA) is 47.6 Å². The zero-order chi connectivity index (χ0) is 17.8. The lowest BCUT2D eigenvalue weighted by molar-refractivity contribution is 0.0952. The van der Waals surface area contributed by atoms with Crippen LogP contribution in [0.2, 0.25) is 5.02 Å². The lowest BCUT2D eigenvalue weighted by Crippen LogP contribution is -2.22. The monoisotopic (exact) mass is 375 g/mol. The van der Waals surface area contributed by atoms with Crippen LogP contribution < -0.4 is 14.8 Å². The van der Waals surface area contributed by atoms with Crippen LogP contribution in [0.15, 0.2) is 42.5 Å². The molecule has 3 aromatic rings. The Bertz CT molecular complexity index is 907. The highest BCUT2D eigenvalue weighted by molar-refractivity contribution is 7.21. The number of carbonyl (C=O) groups is 1. The van der Waals surface area contributed by atoms with E-state index in [0.717, 1.165) is 21.4 Å². The maximum absolute atomic E-state index is 12.7. The van der Waals surface area contributed by atoms with Gasteiger partial charge in [-0.25, -0.2) is 0 Å². The van der Waals surface area contributed by atoms with Crippen LogP contribution in [-0.2, 0) is 6.54 Å². The van der Waals surface area contributed by atoms with Gasteiger partial charge >= 0.3 is 0 Å². The van der Waals surface area contributed by atoms with Gasteiger partial charge in [-0.2, -0.15) is 0 Å². The van der Waals surface area contributed by atoms with Gasteiger partial charge in [0.1, 0.15) is 16.4 Å². The number of halogens is 1. The molecule has 6 heteroatoms. The van der Waals surface area contributed by atoms with Crippen LogP contribution in [0.3, 0.4) is 0 Å². The van der Waals surface area contributed by atoms with Crippen molar-refractivity contribution in [1.29, 1.82) is 0 Å². The number of rotatable bonds is 6. The molecule has 0 atom stereocenters. The Morgan fingerprint density at radius 3 is 2.80 bits per heavy atom. The number of carbonyl (C=O) groups excluding carboxylic acids is 1. The summed E-state index contributed by atoms with van der Waals surface area (Å²) in [6, 6.07) is 13.2. The summed E-state index contributed by atoms with van der Waals surface area (Å²) in [5.74, 6) is 1.15. The maximum atomic E-state index is 12.7. The second-order valence-corrected chi connectivity index (χ2v) is 6.82. The Morgan fingerprint density at radius 1 is 1.24 bits per heavy atom. The molecular formula is C19H18ClNO3S. The standard InChI is InChI=1S/C19H18ClNO3S/c1-3-24-15-7-5-4-6-12(15)11-21-19(22)18-17(23-2)14-10-13(20)8-9-16(14)25-18/h4-10H,3,11H2,1-2H3,(H,21,22). The molecule has 4 nitrogen and oxygen atoms in total. The van der Waals surface area contributed by atoms with Crippen LogP contribution in [0.25, 0.3) is 10.1 Å². The van der Waals surface area contributed by atoms with Crippen molar-refractivity contribution in [3.05, 3.63) is 57.9 Å². The molecule has 0 radical (unpaired) electrons. The minimum atomic E-state index is -0.180. The molecule has 1 heterocycles. The predicted octanol–water partition coefficient (Wildman–Crippen LogP) is 4.89. The van der Waals surface area contributed by atoms with E-state index in [1.807, 2.05) is 43.3 Å². The number of amides is 1. The molecule has 1 N–H and O–H groups in total. The van der Waals surface area contributed by atoms with Crippen LogP contribution in [0.1, 0.15) is 22.2 Å². The van der Waals surface area contributed by atoms with Crippen LogP contribution >= 0.6 is 22.9 Å². The van der Waals surface area contributed by atoms with Crippen molar-refractivity contribution in [2.45, 2.75) is 13.5 Å². The van der Waals surface area contributed by atoms with Gasteiger partial charge in [-0.1, -0.05) is 29.8 Å². The fourth-order valence-corrected chi connectivity index (χ4v) is 3.84. The van der Waals surface area contributed by atoms with Gasteiger partial charge in [0.15, 0.2) is 0 Å². The Labute approximate surface area is 155 Å². The summed E-state index contributed by atoms with van der Waals surface area (Å²) in [5.41, 5.74) is 0.931. The zero-order valence-electron chi connectivity index (χ0n) is 14.0. The van der Waals surface area contributed by atoms with E-state index < -0.39 is 0 Å². The number of hydrogen-bond donors (Lipinski definition) is 1. The van der Waals surface area contributed by atoms with Crippen molar-refractivity contribution < 1.29 is 14.3 Å². The normalized spacial score (nSPS) is 10.7. The van der Waals surface area contributed by atoms with Gasteiger partial charge in [-0.3, -0.25) is 4.79 Å². The van der Waals surface area contributed by atoms with E-state index >= 15 is 0 Å². The average molecular weight is 376 g/mol. The van der Waals surface area contributed by atoms with Crippen LogP contribution in [0, 0.1) is 0 Å². The molecule has 0 fully saturated rings. The SMILES string of the molecule is CCOc1ccccc1CNC(=O)c1sc2ccc(Cl)cc2c1OC. The molecule has 0 aliphatic heterocycles. The van der Waals surface area contributed by atoms with Gasteiger partial charge in [0.25, 0.3) is 5.91 Å². The fraction of sp³-hybridized carbons (Fsp3) is 0.211. The number of benzene rings is 2. The van der Waals surface area contributed by atoms with Gasteiger partial charge < -0.3 is 14.8 Å².